The van der Waals surface area contributed by atoms with Crippen molar-refractivity contribution < 1.29 is 59.9 Å². The summed E-state index contributed by atoms with van der Waals surface area (Å²) in [5.74, 6) is 0. The number of aliphatic hydroxyl groups is 1. The molecule has 0 aromatic heterocycles. The Bertz CT molecular complexity index is 1150. The quantitative estimate of drug-likeness (QED) is 0.219. The molecule has 8 nitrogen and oxygen atoms in total. The van der Waals surface area contributed by atoms with E-state index in [0.717, 1.165) is 11.1 Å². The van der Waals surface area contributed by atoms with E-state index in [1.807, 2.05) is 36.4 Å². The molecule has 2 amide bonds. The number of carbonyl (C=O) groups is 2. The van der Waals surface area contributed by atoms with Gasteiger partial charge in [0.05, 0.1) is 6.61 Å². The van der Waals surface area contributed by atoms with E-state index in [0.29, 0.717) is 30.7 Å². The van der Waals surface area contributed by atoms with Crippen molar-refractivity contribution in [1.29, 1.82) is 0 Å². The van der Waals surface area contributed by atoms with Crippen LogP contribution in [0.2, 0.25) is 0 Å². The van der Waals surface area contributed by atoms with E-state index < -0.39 is 5.60 Å². The number of carbonyl (C=O) groups excluding carboxylic acids is 2. The van der Waals surface area contributed by atoms with Gasteiger partial charge in [-0.1, -0.05) is 71.1 Å². The third-order valence-electron chi connectivity index (χ3n) is 7.34. The second kappa shape index (κ2) is 8.94. The third kappa shape index (κ3) is 3.58. The minimum atomic E-state index is -0.998. The molecule has 174 valence electrons. The predicted octanol–water partition coefficient (Wildman–Crippen LogP) is 0.00660. The van der Waals surface area contributed by atoms with Crippen LogP contribution in [0.15, 0.2) is 48.5 Å². The molecule has 3 fully saturated rings. The van der Waals surface area contributed by atoms with Crippen LogP contribution in [0.5, 0.6) is 0 Å². The number of cyclic esters (lactones) is 2. The number of hydrogen-bond donors (Lipinski definition) is 1. The number of rotatable bonds is 1. The number of nitrogens with zero attached hydrogens (tertiary/aromatic N) is 2. The van der Waals surface area contributed by atoms with Crippen molar-refractivity contribution in [3.05, 3.63) is 70.8 Å². The van der Waals surface area contributed by atoms with Crippen LogP contribution in [0.4, 0.5) is 9.59 Å². The molecule has 1 N–H and O–H groups in total. The molecule has 7 rings (SSSR count). The Morgan fingerprint density at radius 1 is 0.912 bits per heavy atom. The second-order valence-electron chi connectivity index (χ2n) is 8.99. The second-order valence-corrected chi connectivity index (χ2v) is 9.75. The van der Waals surface area contributed by atoms with Crippen molar-refractivity contribution in [3.63, 3.8) is 0 Å². The van der Waals surface area contributed by atoms with Crippen LogP contribution in [0.1, 0.15) is 23.7 Å². The Hall–Kier alpha value is -1.37. The van der Waals surface area contributed by atoms with Crippen LogP contribution in [0, 0.1) is 0 Å². The molecule has 1 spiro atoms. The van der Waals surface area contributed by atoms with E-state index >= 15 is 0 Å². The summed E-state index contributed by atoms with van der Waals surface area (Å²) in [5.41, 5.74) is 3.06. The van der Waals surface area contributed by atoms with E-state index in [1.54, 1.807) is 9.80 Å². The molecular weight excluding hydrogens is 562 g/mol. The molecule has 5 aliphatic rings. The number of fused-ring (bicyclic) bond motifs is 6. The van der Waals surface area contributed by atoms with Gasteiger partial charge in [-0.2, -0.15) is 0 Å². The zero-order chi connectivity index (χ0) is 22.8. The Morgan fingerprint density at radius 3 is 2.00 bits per heavy atom. The minimum Gasteiger partial charge on any atom is -1.00 e. The number of amides is 2. The molecule has 5 heterocycles. The monoisotopic (exact) mass is 586 g/mol. The summed E-state index contributed by atoms with van der Waals surface area (Å²) in [5, 5.41) is 10.8. The SMILES string of the molecule is O=C1OC[C@H]2N1Cc1ccccc1C2(O)CI.O=C1OC[C@H]2N1Cc1ccccc1C21CO1.[H-].[Na+]. The predicted molar refractivity (Wildman–Crippen MR) is 126 cm³/mol. The standard InChI is InChI=1S/C12H12INO3.C12H11NO3.Na.H/c13-7-12(16)9-4-2-1-3-8(9)5-14-10(12)6-17-11(14)15;14-11-13-5-8-3-1-2-4-9(8)12(7-16-12)10(13)6-15-11;;/h1-4,10,16H,5-7H2;1-4,10H,5-7H2;;/q;;+1;-1/t2*10-,12?;;/m11../s1. The number of ether oxygens (including phenoxy) is 3. The average Bonchev–Trinajstić information content (AvgIpc) is 3.41. The summed E-state index contributed by atoms with van der Waals surface area (Å²) in [6.07, 6.45) is -0.540. The summed E-state index contributed by atoms with van der Waals surface area (Å²) >= 11 is 2.16. The minimum absolute atomic E-state index is 0. The molecule has 2 unspecified atom stereocenters. The fourth-order valence-corrected chi connectivity index (χ4v) is 6.42. The molecule has 10 heteroatoms. The topological polar surface area (TPSA) is 91.8 Å². The average molecular weight is 586 g/mol. The summed E-state index contributed by atoms with van der Waals surface area (Å²) in [6.45, 7) is 2.59. The fraction of sp³-hybridized carbons (Fsp3) is 0.417. The molecule has 3 saturated heterocycles. The van der Waals surface area contributed by atoms with E-state index in [-0.39, 0.29) is 67.5 Å². The van der Waals surface area contributed by atoms with Gasteiger partial charge in [-0.15, -0.1) is 0 Å². The van der Waals surface area contributed by atoms with Gasteiger partial charge < -0.3 is 20.7 Å². The van der Waals surface area contributed by atoms with Crippen molar-refractivity contribution in [2.24, 2.45) is 0 Å². The molecule has 4 atom stereocenters. The van der Waals surface area contributed by atoms with Gasteiger partial charge in [0.1, 0.15) is 36.5 Å². The van der Waals surface area contributed by atoms with Crippen molar-refractivity contribution in [2.45, 2.75) is 36.4 Å². The first kappa shape index (κ1) is 24.3. The smallest absolute Gasteiger partial charge is 1.00 e. The van der Waals surface area contributed by atoms with E-state index in [9.17, 15) is 14.7 Å². The van der Waals surface area contributed by atoms with Crippen LogP contribution in [0.3, 0.4) is 0 Å². The van der Waals surface area contributed by atoms with Gasteiger partial charge in [-0.3, -0.25) is 9.80 Å². The first-order chi connectivity index (χ1) is 16.0. The molecule has 2 aromatic carbocycles. The molecule has 2 aromatic rings. The maximum atomic E-state index is 11.6. The van der Waals surface area contributed by atoms with Crippen molar-refractivity contribution in [3.8, 4) is 0 Å². The Balaban J connectivity index is 0.000000156. The van der Waals surface area contributed by atoms with Crippen LogP contribution in [-0.4, -0.2) is 63.4 Å². The largest absolute Gasteiger partial charge is 1.00 e. The van der Waals surface area contributed by atoms with E-state index in [4.69, 9.17) is 14.2 Å². The van der Waals surface area contributed by atoms with Gasteiger partial charge in [0.15, 0.2) is 0 Å². The van der Waals surface area contributed by atoms with Crippen molar-refractivity contribution in [1.82, 2.24) is 9.80 Å². The third-order valence-corrected chi connectivity index (χ3v) is 8.50. The first-order valence-electron chi connectivity index (χ1n) is 10.9. The molecular formula is C24H24IN2NaO6. The molecule has 34 heavy (non-hydrogen) atoms. The van der Waals surface area contributed by atoms with Gasteiger partial charge in [0, 0.05) is 17.5 Å². The molecule has 0 bridgehead atoms. The first-order valence-corrected chi connectivity index (χ1v) is 12.5. The molecule has 0 saturated carbocycles. The summed E-state index contributed by atoms with van der Waals surface area (Å²) in [7, 11) is 0. The van der Waals surface area contributed by atoms with Gasteiger partial charge in [0.2, 0.25) is 0 Å². The van der Waals surface area contributed by atoms with E-state index in [2.05, 4.69) is 34.7 Å². The number of hydrogen-bond acceptors (Lipinski definition) is 6. The van der Waals surface area contributed by atoms with Gasteiger partial charge in [-0.25, -0.2) is 9.59 Å². The van der Waals surface area contributed by atoms with Gasteiger partial charge >= 0.3 is 41.7 Å². The van der Waals surface area contributed by atoms with Crippen molar-refractivity contribution >= 4 is 34.8 Å². The normalized spacial score (nSPS) is 31.7. The number of epoxide rings is 1. The van der Waals surface area contributed by atoms with Gasteiger partial charge in [-0.05, 0) is 22.3 Å². The molecule has 5 aliphatic heterocycles. The fourth-order valence-electron chi connectivity index (χ4n) is 5.50. The maximum absolute atomic E-state index is 11.6. The maximum Gasteiger partial charge on any atom is 1.00 e. The Labute approximate surface area is 234 Å². The van der Waals surface area contributed by atoms with Crippen LogP contribution < -0.4 is 29.6 Å². The zero-order valence-electron chi connectivity index (χ0n) is 19.8. The number of halogens is 1. The van der Waals surface area contributed by atoms with E-state index in [1.165, 1.54) is 11.1 Å². The zero-order valence-corrected chi connectivity index (χ0v) is 22.9. The van der Waals surface area contributed by atoms with Crippen LogP contribution >= 0.6 is 22.6 Å². The summed E-state index contributed by atoms with van der Waals surface area (Å²) < 4.78 is 16.4. The Kier molecular flexibility index (Phi) is 6.39. The Morgan fingerprint density at radius 2 is 1.41 bits per heavy atom. The van der Waals surface area contributed by atoms with Crippen LogP contribution in [-0.2, 0) is 38.5 Å². The number of alkyl halides is 1. The molecule has 0 radical (unpaired) electrons. The van der Waals surface area contributed by atoms with Crippen molar-refractivity contribution in [2.75, 3.05) is 24.2 Å². The summed E-state index contributed by atoms with van der Waals surface area (Å²) in [6, 6.07) is 15.7. The molecule has 0 aliphatic carbocycles. The van der Waals surface area contributed by atoms with Gasteiger partial charge in [0.25, 0.3) is 0 Å². The van der Waals surface area contributed by atoms with Crippen LogP contribution in [0.25, 0.3) is 0 Å². The number of benzene rings is 2. The summed E-state index contributed by atoms with van der Waals surface area (Å²) in [4.78, 5) is 26.6.